The minimum Gasteiger partial charge on any atom is -0.488 e. The van der Waals surface area contributed by atoms with E-state index in [2.05, 4.69) is 14.7 Å². The van der Waals surface area contributed by atoms with Crippen LogP contribution in [-0.4, -0.2) is 37.7 Å². The zero-order valence-corrected chi connectivity index (χ0v) is 19.3. The number of aryl methyl sites for hydroxylation is 1. The lowest BCUT2D eigenvalue weighted by Crippen LogP contribution is -2.18. The van der Waals surface area contributed by atoms with Gasteiger partial charge in [-0.15, -0.1) is 0 Å². The Balaban J connectivity index is 1.46. The second kappa shape index (κ2) is 9.12. The zero-order valence-electron chi connectivity index (χ0n) is 18.5. The SMILES string of the molecule is O=S(=O)(Nc1ncccn1)c1ccc2c(c1)CC[C@H]2c1ccc(C(F)(F)F)cc1O[C@H]1CCOC1. The molecule has 7 nitrogen and oxygen atoms in total. The number of benzene rings is 2. The molecule has 0 saturated carbocycles. The maximum atomic E-state index is 13.4. The number of halogens is 3. The van der Waals surface area contributed by atoms with Crippen molar-refractivity contribution < 1.29 is 31.1 Å². The van der Waals surface area contributed by atoms with E-state index in [1.54, 1.807) is 18.2 Å². The molecule has 2 heterocycles. The van der Waals surface area contributed by atoms with Crippen molar-refractivity contribution in [3.05, 3.63) is 77.1 Å². The van der Waals surface area contributed by atoms with Gasteiger partial charge in [-0.1, -0.05) is 12.1 Å². The van der Waals surface area contributed by atoms with Crippen LogP contribution in [0.5, 0.6) is 5.75 Å². The molecule has 1 aromatic heterocycles. The molecule has 11 heteroatoms. The number of nitrogens with one attached hydrogen (secondary N) is 1. The van der Waals surface area contributed by atoms with Crippen LogP contribution in [0, 0.1) is 0 Å². The molecule has 0 radical (unpaired) electrons. The van der Waals surface area contributed by atoms with Crippen molar-refractivity contribution >= 4 is 16.0 Å². The largest absolute Gasteiger partial charge is 0.488 e. The molecule has 0 bridgehead atoms. The Kier molecular flexibility index (Phi) is 6.14. The molecule has 0 amide bonds. The molecule has 1 fully saturated rings. The molecule has 1 aliphatic carbocycles. The number of sulfonamides is 1. The van der Waals surface area contributed by atoms with Crippen molar-refractivity contribution in [2.45, 2.75) is 42.4 Å². The first-order valence-electron chi connectivity index (χ1n) is 11.1. The second-order valence-electron chi connectivity index (χ2n) is 8.48. The van der Waals surface area contributed by atoms with Crippen molar-refractivity contribution in [1.29, 1.82) is 0 Å². The average molecular weight is 506 g/mol. The van der Waals surface area contributed by atoms with Gasteiger partial charge in [0.2, 0.25) is 5.95 Å². The van der Waals surface area contributed by atoms with Crippen molar-refractivity contribution in [2.24, 2.45) is 0 Å². The Bertz CT molecular complexity index is 1330. The summed E-state index contributed by atoms with van der Waals surface area (Å²) in [7, 11) is -3.90. The molecule has 1 aliphatic heterocycles. The number of nitrogens with zero attached hydrogens (tertiary/aromatic N) is 2. The van der Waals surface area contributed by atoms with Gasteiger partial charge < -0.3 is 9.47 Å². The van der Waals surface area contributed by atoms with E-state index in [9.17, 15) is 21.6 Å². The normalized spacial score (nSPS) is 20.0. The molecule has 35 heavy (non-hydrogen) atoms. The van der Waals surface area contributed by atoms with Crippen LogP contribution in [0.25, 0.3) is 0 Å². The van der Waals surface area contributed by atoms with Crippen LogP contribution >= 0.6 is 0 Å². The molecule has 1 saturated heterocycles. The first-order valence-corrected chi connectivity index (χ1v) is 12.6. The summed E-state index contributed by atoms with van der Waals surface area (Å²) < 4.78 is 79.4. The Labute approximate surface area is 200 Å². The van der Waals surface area contributed by atoms with Gasteiger partial charge in [-0.2, -0.15) is 13.2 Å². The van der Waals surface area contributed by atoms with Crippen LogP contribution in [0.4, 0.5) is 19.1 Å². The number of rotatable bonds is 6. The highest BCUT2D eigenvalue weighted by atomic mass is 32.2. The van der Waals surface area contributed by atoms with Gasteiger partial charge in [-0.25, -0.2) is 23.1 Å². The molecular weight excluding hydrogens is 483 g/mol. The van der Waals surface area contributed by atoms with Gasteiger partial charge in [-0.3, -0.25) is 0 Å². The number of anilines is 1. The topological polar surface area (TPSA) is 90.4 Å². The average Bonchev–Trinajstić information content (AvgIpc) is 3.48. The standard InChI is InChI=1S/C24H22F3N3O4S/c25-24(26,27)16-3-6-21(22(13-16)34-17-8-11-33-14-17)20-5-2-15-12-18(4-7-19(15)20)35(31,32)30-23-28-9-1-10-29-23/h1,3-4,6-7,9-10,12-13,17,20H,2,5,8,11,14H2,(H,28,29,30)/t17-,20+/m0/s1. The van der Waals surface area contributed by atoms with Crippen LogP contribution in [-0.2, 0) is 27.4 Å². The van der Waals surface area contributed by atoms with E-state index in [1.807, 2.05) is 0 Å². The summed E-state index contributed by atoms with van der Waals surface area (Å²) in [6.45, 7) is 0.834. The van der Waals surface area contributed by atoms with Crippen molar-refractivity contribution in [1.82, 2.24) is 9.97 Å². The summed E-state index contributed by atoms with van der Waals surface area (Å²) in [5, 5.41) is 0. The fraction of sp³-hybridized carbons (Fsp3) is 0.333. The van der Waals surface area contributed by atoms with Crippen molar-refractivity contribution in [3.8, 4) is 5.75 Å². The van der Waals surface area contributed by atoms with Gasteiger partial charge >= 0.3 is 6.18 Å². The smallest absolute Gasteiger partial charge is 0.416 e. The van der Waals surface area contributed by atoms with Crippen LogP contribution in [0.2, 0.25) is 0 Å². The van der Waals surface area contributed by atoms with Crippen LogP contribution in [0.15, 0.2) is 59.8 Å². The Morgan fingerprint density at radius 3 is 2.51 bits per heavy atom. The quantitative estimate of drug-likeness (QED) is 0.529. The highest BCUT2D eigenvalue weighted by molar-refractivity contribution is 7.92. The van der Waals surface area contributed by atoms with Gasteiger partial charge in [0.15, 0.2) is 0 Å². The molecule has 0 unspecified atom stereocenters. The third kappa shape index (κ3) is 4.96. The minimum absolute atomic E-state index is 0.0340. The number of hydrogen-bond donors (Lipinski definition) is 1. The molecule has 3 aromatic rings. The molecule has 0 spiro atoms. The van der Waals surface area contributed by atoms with E-state index in [1.165, 1.54) is 24.5 Å². The molecule has 5 rings (SSSR count). The van der Waals surface area contributed by atoms with Gasteiger partial charge in [0.05, 0.1) is 23.7 Å². The second-order valence-corrected chi connectivity index (χ2v) is 10.2. The highest BCUT2D eigenvalue weighted by Gasteiger charge is 2.34. The van der Waals surface area contributed by atoms with Crippen LogP contribution in [0.3, 0.4) is 0 Å². The lowest BCUT2D eigenvalue weighted by atomic mass is 9.91. The van der Waals surface area contributed by atoms with Crippen molar-refractivity contribution in [3.63, 3.8) is 0 Å². The molecule has 2 aliphatic rings. The number of ether oxygens (including phenoxy) is 2. The summed E-state index contributed by atoms with van der Waals surface area (Å²) in [6.07, 6.45) is -0.128. The molecule has 184 valence electrons. The third-order valence-electron chi connectivity index (χ3n) is 6.19. The number of fused-ring (bicyclic) bond motifs is 1. The summed E-state index contributed by atoms with van der Waals surface area (Å²) in [6, 6.07) is 9.95. The predicted octanol–water partition coefficient (Wildman–Crippen LogP) is 4.54. The third-order valence-corrected chi connectivity index (χ3v) is 7.52. The molecular formula is C24H22F3N3O4S. The maximum Gasteiger partial charge on any atom is 0.416 e. The monoisotopic (exact) mass is 505 g/mol. The maximum absolute atomic E-state index is 13.4. The number of aromatic nitrogens is 2. The van der Waals surface area contributed by atoms with Gasteiger partial charge in [0.1, 0.15) is 11.9 Å². The van der Waals surface area contributed by atoms with Gasteiger partial charge in [0.25, 0.3) is 10.0 Å². The van der Waals surface area contributed by atoms with Crippen LogP contribution < -0.4 is 9.46 Å². The van der Waals surface area contributed by atoms with E-state index < -0.39 is 21.8 Å². The zero-order chi connectivity index (χ0) is 24.6. The summed E-state index contributed by atoms with van der Waals surface area (Å²) in [5.41, 5.74) is 1.56. The van der Waals surface area contributed by atoms with E-state index in [0.29, 0.717) is 38.0 Å². The summed E-state index contributed by atoms with van der Waals surface area (Å²) in [4.78, 5) is 7.84. The van der Waals surface area contributed by atoms with E-state index in [4.69, 9.17) is 9.47 Å². The molecule has 1 N–H and O–H groups in total. The van der Waals surface area contributed by atoms with Gasteiger partial charge in [-0.05, 0) is 54.3 Å². The number of alkyl halides is 3. The van der Waals surface area contributed by atoms with Crippen LogP contribution in [0.1, 0.15) is 41.0 Å². The predicted molar refractivity (Wildman–Crippen MR) is 121 cm³/mol. The van der Waals surface area contributed by atoms with Gasteiger partial charge in [0, 0.05) is 30.3 Å². The lowest BCUT2D eigenvalue weighted by Gasteiger charge is -2.21. The van der Waals surface area contributed by atoms with E-state index in [0.717, 1.165) is 23.3 Å². The Morgan fingerprint density at radius 1 is 1.03 bits per heavy atom. The highest BCUT2D eigenvalue weighted by Crippen LogP contribution is 2.44. The van der Waals surface area contributed by atoms with E-state index >= 15 is 0 Å². The summed E-state index contributed by atoms with van der Waals surface area (Å²) >= 11 is 0. The van der Waals surface area contributed by atoms with E-state index in [-0.39, 0.29) is 28.6 Å². The Morgan fingerprint density at radius 2 is 1.80 bits per heavy atom. The fourth-order valence-electron chi connectivity index (χ4n) is 4.50. The number of hydrogen-bond acceptors (Lipinski definition) is 6. The minimum atomic E-state index is -4.49. The fourth-order valence-corrected chi connectivity index (χ4v) is 5.51. The van der Waals surface area contributed by atoms with Crippen molar-refractivity contribution in [2.75, 3.05) is 17.9 Å². The molecule has 2 aromatic carbocycles. The summed E-state index contributed by atoms with van der Waals surface area (Å²) in [5.74, 6) is -0.0622. The molecule has 2 atom stereocenters. The first kappa shape index (κ1) is 23.6. The first-order chi connectivity index (χ1) is 16.7. The lowest BCUT2D eigenvalue weighted by molar-refractivity contribution is -0.137. The Hall–Kier alpha value is -3.18.